The van der Waals surface area contributed by atoms with Crippen molar-refractivity contribution in [1.29, 1.82) is 0 Å². The van der Waals surface area contributed by atoms with Gasteiger partial charge in [0.1, 0.15) is 0 Å². The Hall–Kier alpha value is -2.67. The third-order valence-corrected chi connectivity index (χ3v) is 5.93. The molecule has 4 rings (SSSR count). The topological polar surface area (TPSA) is 84.7 Å². The van der Waals surface area contributed by atoms with E-state index in [0.29, 0.717) is 38.3 Å². The number of hydrogen-bond acceptors (Lipinski definition) is 4. The van der Waals surface area contributed by atoms with Crippen LogP contribution in [0.1, 0.15) is 28.0 Å². The van der Waals surface area contributed by atoms with Crippen LogP contribution in [-0.4, -0.2) is 58.0 Å². The van der Waals surface area contributed by atoms with Crippen molar-refractivity contribution in [3.8, 4) is 0 Å². The van der Waals surface area contributed by atoms with Gasteiger partial charge in [-0.05, 0) is 18.9 Å². The van der Waals surface area contributed by atoms with Crippen molar-refractivity contribution in [3.63, 3.8) is 0 Å². The molecule has 1 aromatic carbocycles. The number of fused-ring (bicyclic) bond motifs is 1. The first-order chi connectivity index (χ1) is 13.0. The minimum Gasteiger partial charge on any atom is -0.481 e. The fraction of sp³-hybridized carbons (Fsp3) is 0.450. The zero-order valence-electron chi connectivity index (χ0n) is 15.3. The minimum absolute atomic E-state index is 0.151. The summed E-state index contributed by atoms with van der Waals surface area (Å²) in [6.45, 7) is 3.94. The molecule has 2 aromatic rings. The molecule has 142 valence electrons. The van der Waals surface area contributed by atoms with Crippen molar-refractivity contribution in [2.75, 3.05) is 26.3 Å². The van der Waals surface area contributed by atoms with E-state index in [-0.39, 0.29) is 18.4 Å². The molecule has 0 radical (unpaired) electrons. The molecule has 0 bridgehead atoms. The van der Waals surface area contributed by atoms with Crippen molar-refractivity contribution in [2.45, 2.75) is 19.9 Å². The van der Waals surface area contributed by atoms with Crippen LogP contribution in [-0.2, 0) is 16.1 Å². The minimum atomic E-state index is -0.887. The molecular weight excluding hydrogens is 346 g/mol. The predicted molar refractivity (Wildman–Crippen MR) is 97.4 cm³/mol. The van der Waals surface area contributed by atoms with Gasteiger partial charge in [0.05, 0.1) is 30.3 Å². The quantitative estimate of drug-likeness (QED) is 0.888. The highest BCUT2D eigenvalue weighted by Gasteiger charge is 2.55. The summed E-state index contributed by atoms with van der Waals surface area (Å²) in [4.78, 5) is 26.7. The van der Waals surface area contributed by atoms with Gasteiger partial charge in [-0.25, -0.2) is 0 Å². The van der Waals surface area contributed by atoms with Gasteiger partial charge in [-0.2, -0.15) is 5.10 Å². The molecule has 7 nitrogen and oxygen atoms in total. The molecule has 2 aliphatic rings. The van der Waals surface area contributed by atoms with E-state index in [1.54, 1.807) is 11.1 Å². The molecule has 27 heavy (non-hydrogen) atoms. The molecule has 1 amide bonds. The van der Waals surface area contributed by atoms with E-state index in [1.165, 1.54) is 0 Å². The predicted octanol–water partition coefficient (Wildman–Crippen LogP) is 1.80. The third kappa shape index (κ3) is 3.02. The number of ether oxygens (including phenoxy) is 1. The molecule has 0 spiro atoms. The Balaban J connectivity index is 1.55. The number of carboxylic acid groups (broad SMARTS) is 1. The molecule has 0 aliphatic carbocycles. The van der Waals surface area contributed by atoms with E-state index in [0.717, 1.165) is 11.3 Å². The number of aliphatic carboxylic acids is 1. The van der Waals surface area contributed by atoms with Crippen LogP contribution in [0.25, 0.3) is 0 Å². The highest BCUT2D eigenvalue weighted by molar-refractivity contribution is 5.96. The van der Waals surface area contributed by atoms with E-state index >= 15 is 0 Å². The smallest absolute Gasteiger partial charge is 0.311 e. The largest absolute Gasteiger partial charge is 0.481 e. The van der Waals surface area contributed by atoms with Crippen LogP contribution in [0, 0.1) is 18.3 Å². The van der Waals surface area contributed by atoms with Crippen molar-refractivity contribution in [2.24, 2.45) is 11.3 Å². The van der Waals surface area contributed by atoms with Crippen molar-refractivity contribution < 1.29 is 19.4 Å². The van der Waals surface area contributed by atoms with Gasteiger partial charge >= 0.3 is 5.97 Å². The van der Waals surface area contributed by atoms with E-state index in [9.17, 15) is 14.7 Å². The maximum absolute atomic E-state index is 13.1. The Labute approximate surface area is 157 Å². The molecule has 7 heteroatoms. The number of nitrogens with zero attached hydrogens (tertiary/aromatic N) is 3. The van der Waals surface area contributed by atoms with Gasteiger partial charge in [0.2, 0.25) is 0 Å². The maximum Gasteiger partial charge on any atom is 0.311 e. The first kappa shape index (κ1) is 17.7. The molecule has 2 aliphatic heterocycles. The number of likely N-dealkylation sites (tertiary alicyclic amines) is 1. The molecule has 0 saturated carbocycles. The van der Waals surface area contributed by atoms with E-state index in [2.05, 4.69) is 5.10 Å². The second kappa shape index (κ2) is 6.81. The number of aromatic nitrogens is 2. The second-order valence-corrected chi connectivity index (χ2v) is 7.46. The lowest BCUT2D eigenvalue weighted by molar-refractivity contribution is -0.157. The molecule has 0 unspecified atom stereocenters. The van der Waals surface area contributed by atoms with E-state index < -0.39 is 11.4 Å². The van der Waals surface area contributed by atoms with Crippen molar-refractivity contribution >= 4 is 11.9 Å². The van der Waals surface area contributed by atoms with Crippen molar-refractivity contribution in [3.05, 3.63) is 53.3 Å². The molecular formula is C20H23N3O4. The first-order valence-electron chi connectivity index (χ1n) is 9.18. The molecule has 2 saturated heterocycles. The summed E-state index contributed by atoms with van der Waals surface area (Å²) in [5.74, 6) is -1.14. The lowest BCUT2D eigenvalue weighted by atomic mass is 9.74. The fourth-order valence-corrected chi connectivity index (χ4v) is 4.20. The summed E-state index contributed by atoms with van der Waals surface area (Å²) in [6.07, 6.45) is 2.04. The van der Waals surface area contributed by atoms with Crippen LogP contribution >= 0.6 is 0 Å². The number of rotatable bonds is 4. The standard InChI is InChI=1S/C20H23N3O4/c1-14-17(9-21-23(14)10-15-5-3-2-4-6-15)18(24)22-11-16-12-27-8-7-20(16,13-22)19(25)26/h2-6,9,16H,7-8,10-13H2,1H3,(H,25,26)/t16-,20+/m0/s1. The van der Waals surface area contributed by atoms with Gasteiger partial charge in [-0.1, -0.05) is 30.3 Å². The van der Waals surface area contributed by atoms with Crippen LogP contribution in [0.4, 0.5) is 0 Å². The van der Waals surface area contributed by atoms with Gasteiger partial charge < -0.3 is 14.7 Å². The molecule has 1 N–H and O–H groups in total. The highest BCUT2D eigenvalue weighted by atomic mass is 16.5. The van der Waals surface area contributed by atoms with E-state index in [4.69, 9.17) is 4.74 Å². The maximum atomic E-state index is 13.1. The summed E-state index contributed by atoms with van der Waals surface area (Å²) < 4.78 is 7.28. The molecule has 3 heterocycles. The number of carboxylic acids is 1. The van der Waals surface area contributed by atoms with Gasteiger partial charge in [0.25, 0.3) is 5.91 Å². The number of hydrogen-bond donors (Lipinski definition) is 1. The van der Waals surface area contributed by atoms with Gasteiger partial charge in [0, 0.05) is 31.3 Å². The monoisotopic (exact) mass is 369 g/mol. The molecule has 2 atom stereocenters. The average molecular weight is 369 g/mol. The van der Waals surface area contributed by atoms with Gasteiger partial charge in [-0.15, -0.1) is 0 Å². The Bertz CT molecular complexity index is 863. The average Bonchev–Trinajstić information content (AvgIpc) is 3.24. The van der Waals surface area contributed by atoms with Crippen molar-refractivity contribution in [1.82, 2.24) is 14.7 Å². The first-order valence-corrected chi connectivity index (χ1v) is 9.18. The lowest BCUT2D eigenvalue weighted by Gasteiger charge is -2.33. The van der Waals surface area contributed by atoms with Crippen LogP contribution in [0.2, 0.25) is 0 Å². The van der Waals surface area contributed by atoms with Gasteiger partial charge in [0.15, 0.2) is 0 Å². The summed E-state index contributed by atoms with van der Waals surface area (Å²) in [5, 5.41) is 14.2. The third-order valence-electron chi connectivity index (χ3n) is 5.93. The Morgan fingerprint density at radius 1 is 1.33 bits per heavy atom. The normalized spacial score (nSPS) is 24.6. The number of carbonyl (C=O) groups is 2. The number of carbonyl (C=O) groups excluding carboxylic acids is 1. The molecule has 1 aromatic heterocycles. The Morgan fingerprint density at radius 3 is 2.81 bits per heavy atom. The van der Waals surface area contributed by atoms with Crippen LogP contribution < -0.4 is 0 Å². The molecule has 2 fully saturated rings. The van der Waals surface area contributed by atoms with Crippen LogP contribution in [0.5, 0.6) is 0 Å². The highest BCUT2D eigenvalue weighted by Crippen LogP contribution is 2.42. The summed E-state index contributed by atoms with van der Waals surface area (Å²) in [7, 11) is 0. The van der Waals surface area contributed by atoms with E-state index in [1.807, 2.05) is 41.9 Å². The van der Waals surface area contributed by atoms with Crippen LogP contribution in [0.15, 0.2) is 36.5 Å². The SMILES string of the molecule is Cc1c(C(=O)N2C[C@H]3COCC[C@@]3(C(=O)O)C2)cnn1Cc1ccccc1. The second-order valence-electron chi connectivity index (χ2n) is 7.46. The summed E-state index contributed by atoms with van der Waals surface area (Å²) in [6, 6.07) is 9.94. The fourth-order valence-electron chi connectivity index (χ4n) is 4.20. The number of amides is 1. The zero-order valence-corrected chi connectivity index (χ0v) is 15.3. The Kier molecular flexibility index (Phi) is 4.47. The summed E-state index contributed by atoms with van der Waals surface area (Å²) in [5.41, 5.74) is 1.55. The van der Waals surface area contributed by atoms with Gasteiger partial charge in [-0.3, -0.25) is 14.3 Å². The zero-order chi connectivity index (χ0) is 19.0. The summed E-state index contributed by atoms with van der Waals surface area (Å²) >= 11 is 0. The van der Waals surface area contributed by atoms with Crippen LogP contribution in [0.3, 0.4) is 0 Å². The number of benzene rings is 1. The lowest BCUT2D eigenvalue weighted by Crippen LogP contribution is -2.45. The Morgan fingerprint density at radius 2 is 2.11 bits per heavy atom.